The van der Waals surface area contributed by atoms with Crippen LogP contribution in [0.2, 0.25) is 0 Å². The van der Waals surface area contributed by atoms with Crippen LogP contribution in [0.15, 0.2) is 53.7 Å². The Kier molecular flexibility index (Phi) is 6.46. The monoisotopic (exact) mass is 401 g/mol. The van der Waals surface area contributed by atoms with Gasteiger partial charge in [0.25, 0.3) is 5.91 Å². The predicted octanol–water partition coefficient (Wildman–Crippen LogP) is 3.53. The van der Waals surface area contributed by atoms with Gasteiger partial charge >= 0.3 is 0 Å². The van der Waals surface area contributed by atoms with Gasteiger partial charge in [-0.3, -0.25) is 9.78 Å². The summed E-state index contributed by atoms with van der Waals surface area (Å²) in [6, 6.07) is 9.77. The van der Waals surface area contributed by atoms with Crippen molar-refractivity contribution in [2.45, 2.75) is 56.0 Å². The van der Waals surface area contributed by atoms with E-state index in [1.807, 2.05) is 19.1 Å². The highest BCUT2D eigenvalue weighted by Crippen LogP contribution is 2.26. The normalized spacial score (nSPS) is 16.7. The van der Waals surface area contributed by atoms with Crippen LogP contribution in [0, 0.1) is 0 Å². The molecular formula is C21H27N3O3S. The minimum atomic E-state index is -3.63. The number of hydrogen-bond acceptors (Lipinski definition) is 4. The number of nitrogens with zero attached hydrogens (tertiary/aromatic N) is 2. The molecule has 1 unspecified atom stereocenters. The number of nitrogens with one attached hydrogen (secondary N) is 1. The minimum absolute atomic E-state index is 0.0305. The van der Waals surface area contributed by atoms with Crippen molar-refractivity contribution in [3.63, 3.8) is 0 Å². The van der Waals surface area contributed by atoms with Crippen molar-refractivity contribution in [2.75, 3.05) is 7.05 Å². The zero-order valence-corrected chi connectivity index (χ0v) is 17.2. The largest absolute Gasteiger partial charge is 0.346 e. The van der Waals surface area contributed by atoms with Crippen molar-refractivity contribution in [3.05, 3.63) is 59.9 Å². The van der Waals surface area contributed by atoms with Crippen molar-refractivity contribution in [3.8, 4) is 0 Å². The molecule has 1 amide bonds. The van der Waals surface area contributed by atoms with E-state index in [0.29, 0.717) is 5.56 Å². The lowest BCUT2D eigenvalue weighted by Gasteiger charge is -2.30. The number of carbonyl (C=O) groups is 1. The summed E-state index contributed by atoms with van der Waals surface area (Å²) in [5.74, 6) is -0.304. The number of amides is 1. The van der Waals surface area contributed by atoms with Gasteiger partial charge in [0.2, 0.25) is 10.0 Å². The average molecular weight is 402 g/mol. The average Bonchev–Trinajstić information content (AvgIpc) is 2.74. The third-order valence-electron chi connectivity index (χ3n) is 5.42. The molecule has 0 radical (unpaired) electrons. The number of aromatic nitrogens is 1. The van der Waals surface area contributed by atoms with Crippen LogP contribution >= 0.6 is 0 Å². The molecule has 2 aromatic rings. The molecule has 1 heterocycles. The SMILES string of the molecule is CC(NC(=O)c1cccc(S(=O)(=O)N(C)C2CCCCC2)c1)c1ccncc1. The van der Waals surface area contributed by atoms with E-state index in [-0.39, 0.29) is 22.9 Å². The van der Waals surface area contributed by atoms with E-state index in [4.69, 9.17) is 0 Å². The topological polar surface area (TPSA) is 79.4 Å². The van der Waals surface area contributed by atoms with Crippen LogP contribution in [0.4, 0.5) is 0 Å². The van der Waals surface area contributed by atoms with Gasteiger partial charge in [-0.2, -0.15) is 4.31 Å². The Morgan fingerprint density at radius 3 is 2.50 bits per heavy atom. The van der Waals surface area contributed by atoms with Gasteiger partial charge in [0, 0.05) is 31.0 Å². The van der Waals surface area contributed by atoms with Crippen molar-refractivity contribution < 1.29 is 13.2 Å². The Morgan fingerprint density at radius 2 is 1.82 bits per heavy atom. The molecule has 1 fully saturated rings. The molecule has 6 nitrogen and oxygen atoms in total. The van der Waals surface area contributed by atoms with E-state index in [1.54, 1.807) is 37.6 Å². The van der Waals surface area contributed by atoms with Crippen LogP contribution < -0.4 is 5.32 Å². The van der Waals surface area contributed by atoms with Crippen LogP contribution in [0.25, 0.3) is 0 Å². The van der Waals surface area contributed by atoms with E-state index in [2.05, 4.69) is 10.3 Å². The van der Waals surface area contributed by atoms with E-state index in [0.717, 1.165) is 37.7 Å². The van der Waals surface area contributed by atoms with Gasteiger partial charge in [-0.1, -0.05) is 25.3 Å². The first kappa shape index (κ1) is 20.5. The maximum Gasteiger partial charge on any atom is 0.251 e. The summed E-state index contributed by atoms with van der Waals surface area (Å²) in [5.41, 5.74) is 1.27. The van der Waals surface area contributed by atoms with E-state index in [9.17, 15) is 13.2 Å². The first-order chi connectivity index (χ1) is 13.4. The Hall–Kier alpha value is -2.25. The highest BCUT2D eigenvalue weighted by molar-refractivity contribution is 7.89. The van der Waals surface area contributed by atoms with Crippen molar-refractivity contribution >= 4 is 15.9 Å². The first-order valence-electron chi connectivity index (χ1n) is 9.68. The molecule has 1 aliphatic carbocycles. The summed E-state index contributed by atoms with van der Waals surface area (Å²) in [4.78, 5) is 16.8. The molecule has 0 spiro atoms. The van der Waals surface area contributed by atoms with Gasteiger partial charge in [-0.15, -0.1) is 0 Å². The van der Waals surface area contributed by atoms with E-state index >= 15 is 0 Å². The number of rotatable bonds is 6. The van der Waals surface area contributed by atoms with Gasteiger partial charge < -0.3 is 5.32 Å². The Bertz CT molecular complexity index is 910. The molecule has 1 N–H and O–H groups in total. The summed E-state index contributed by atoms with van der Waals surface area (Å²) < 4.78 is 27.5. The number of pyridine rings is 1. The fourth-order valence-electron chi connectivity index (χ4n) is 3.62. The molecule has 0 aliphatic heterocycles. The van der Waals surface area contributed by atoms with Crippen LogP contribution in [-0.2, 0) is 10.0 Å². The molecular weight excluding hydrogens is 374 g/mol. The van der Waals surface area contributed by atoms with Gasteiger partial charge in [0.05, 0.1) is 10.9 Å². The number of sulfonamides is 1. The van der Waals surface area contributed by atoms with Crippen molar-refractivity contribution in [1.29, 1.82) is 0 Å². The van der Waals surface area contributed by atoms with Crippen LogP contribution in [0.1, 0.15) is 61.0 Å². The summed E-state index contributed by atoms with van der Waals surface area (Å²) in [5, 5.41) is 2.91. The van der Waals surface area contributed by atoms with Crippen LogP contribution in [-0.4, -0.2) is 36.7 Å². The molecule has 3 rings (SSSR count). The second-order valence-electron chi connectivity index (χ2n) is 7.32. The lowest BCUT2D eigenvalue weighted by atomic mass is 9.96. The van der Waals surface area contributed by atoms with Gasteiger partial charge in [-0.25, -0.2) is 8.42 Å². The number of carbonyl (C=O) groups excluding carboxylic acids is 1. The minimum Gasteiger partial charge on any atom is -0.346 e. The Morgan fingerprint density at radius 1 is 1.14 bits per heavy atom. The third kappa shape index (κ3) is 4.59. The standard InChI is InChI=1S/C21H27N3O3S/c1-16(17-11-13-22-14-12-17)23-21(25)18-7-6-10-20(15-18)28(26,27)24(2)19-8-4-3-5-9-19/h6-7,10-16,19H,3-5,8-9H2,1-2H3,(H,23,25). The smallest absolute Gasteiger partial charge is 0.251 e. The zero-order valence-electron chi connectivity index (χ0n) is 16.3. The Balaban J connectivity index is 1.76. The first-order valence-corrected chi connectivity index (χ1v) is 11.1. The van der Waals surface area contributed by atoms with Gasteiger partial charge in [0.15, 0.2) is 0 Å². The maximum atomic E-state index is 13.0. The molecule has 1 aromatic carbocycles. The molecule has 1 saturated carbocycles. The number of benzene rings is 1. The zero-order chi connectivity index (χ0) is 20.1. The Labute approximate surface area is 167 Å². The van der Waals surface area contributed by atoms with Crippen molar-refractivity contribution in [1.82, 2.24) is 14.6 Å². The van der Waals surface area contributed by atoms with E-state index in [1.165, 1.54) is 10.4 Å². The molecule has 150 valence electrons. The lowest BCUT2D eigenvalue weighted by molar-refractivity contribution is 0.0939. The fraction of sp³-hybridized carbons (Fsp3) is 0.429. The molecule has 1 aliphatic rings. The highest BCUT2D eigenvalue weighted by atomic mass is 32.2. The molecule has 0 bridgehead atoms. The van der Waals surface area contributed by atoms with Crippen molar-refractivity contribution in [2.24, 2.45) is 0 Å². The number of hydrogen-bond donors (Lipinski definition) is 1. The predicted molar refractivity (Wildman–Crippen MR) is 108 cm³/mol. The molecule has 1 atom stereocenters. The van der Waals surface area contributed by atoms with Crippen LogP contribution in [0.3, 0.4) is 0 Å². The summed E-state index contributed by atoms with van der Waals surface area (Å²) in [6.07, 6.45) is 8.40. The van der Waals surface area contributed by atoms with Gasteiger partial charge in [-0.05, 0) is 55.7 Å². The molecule has 7 heteroatoms. The summed E-state index contributed by atoms with van der Waals surface area (Å²) in [7, 11) is -1.99. The van der Waals surface area contributed by atoms with Gasteiger partial charge in [0.1, 0.15) is 0 Å². The molecule has 1 aromatic heterocycles. The maximum absolute atomic E-state index is 13.0. The fourth-order valence-corrected chi connectivity index (χ4v) is 5.08. The highest BCUT2D eigenvalue weighted by Gasteiger charge is 2.29. The second-order valence-corrected chi connectivity index (χ2v) is 9.31. The lowest BCUT2D eigenvalue weighted by Crippen LogP contribution is -2.38. The van der Waals surface area contributed by atoms with E-state index < -0.39 is 10.0 Å². The van der Waals surface area contributed by atoms with Crippen LogP contribution in [0.5, 0.6) is 0 Å². The summed E-state index contributed by atoms with van der Waals surface area (Å²) in [6.45, 7) is 1.88. The summed E-state index contributed by atoms with van der Waals surface area (Å²) >= 11 is 0. The quantitative estimate of drug-likeness (QED) is 0.803. The second kappa shape index (κ2) is 8.84. The molecule has 0 saturated heterocycles. The molecule has 28 heavy (non-hydrogen) atoms. The third-order valence-corrected chi connectivity index (χ3v) is 7.32.